The Labute approximate surface area is 101 Å². The van der Waals surface area contributed by atoms with Crippen LogP contribution in [0.25, 0.3) is 0 Å². The summed E-state index contributed by atoms with van der Waals surface area (Å²) in [6.45, 7) is 3.54. The Kier molecular flexibility index (Phi) is 4.08. The Bertz CT molecular complexity index is 288. The lowest BCUT2D eigenvalue weighted by atomic mass is 10.2. The standard InChI is InChI=1S/C11H17N3OS/c12-3-1-11(15)14-6-4-13(5-7-14)10-2-8-16-9-10/h10H,1-2,4-9H2/t10-/m0/s1. The average molecular weight is 239 g/mol. The van der Waals surface area contributed by atoms with Crippen LogP contribution in [-0.4, -0.2) is 59.4 Å². The van der Waals surface area contributed by atoms with Gasteiger partial charge in [0.25, 0.3) is 0 Å². The third-order valence-corrected chi connectivity index (χ3v) is 4.46. The van der Waals surface area contributed by atoms with Gasteiger partial charge in [-0.2, -0.15) is 17.0 Å². The van der Waals surface area contributed by atoms with Gasteiger partial charge in [-0.25, -0.2) is 0 Å². The minimum absolute atomic E-state index is 0.0112. The molecule has 2 aliphatic rings. The molecule has 0 saturated carbocycles. The second kappa shape index (κ2) is 5.55. The van der Waals surface area contributed by atoms with Crippen LogP contribution >= 0.6 is 11.8 Å². The van der Waals surface area contributed by atoms with Crippen molar-refractivity contribution in [3.8, 4) is 6.07 Å². The molecule has 0 aliphatic carbocycles. The van der Waals surface area contributed by atoms with Gasteiger partial charge in [-0.15, -0.1) is 0 Å². The Balaban J connectivity index is 1.78. The second-order valence-corrected chi connectivity index (χ2v) is 5.42. The summed E-state index contributed by atoms with van der Waals surface area (Å²) < 4.78 is 0. The van der Waals surface area contributed by atoms with Gasteiger partial charge in [0, 0.05) is 38.0 Å². The Hall–Kier alpha value is -0.730. The highest BCUT2D eigenvalue weighted by Gasteiger charge is 2.27. The van der Waals surface area contributed by atoms with Gasteiger partial charge in [0.15, 0.2) is 0 Å². The summed E-state index contributed by atoms with van der Waals surface area (Å²) in [7, 11) is 0. The number of rotatable bonds is 2. The number of nitriles is 1. The summed E-state index contributed by atoms with van der Waals surface area (Å²) in [5.74, 6) is 2.51. The van der Waals surface area contributed by atoms with Gasteiger partial charge in [-0.1, -0.05) is 0 Å². The zero-order chi connectivity index (χ0) is 11.4. The number of hydrogen-bond acceptors (Lipinski definition) is 4. The van der Waals surface area contributed by atoms with E-state index in [0.717, 1.165) is 32.2 Å². The molecule has 0 aromatic carbocycles. The molecule has 5 heteroatoms. The molecular weight excluding hydrogens is 222 g/mol. The predicted molar refractivity (Wildman–Crippen MR) is 64.1 cm³/mol. The van der Waals surface area contributed by atoms with E-state index >= 15 is 0 Å². The molecule has 16 heavy (non-hydrogen) atoms. The summed E-state index contributed by atoms with van der Waals surface area (Å²) in [4.78, 5) is 15.8. The molecule has 0 aromatic rings. The van der Waals surface area contributed by atoms with Crippen molar-refractivity contribution < 1.29 is 4.79 Å². The van der Waals surface area contributed by atoms with Crippen molar-refractivity contribution in [1.29, 1.82) is 5.26 Å². The molecule has 0 aromatic heterocycles. The molecule has 1 atom stereocenters. The molecule has 1 amide bonds. The summed E-state index contributed by atoms with van der Waals surface area (Å²) >= 11 is 2.03. The van der Waals surface area contributed by atoms with E-state index in [2.05, 4.69) is 4.90 Å². The van der Waals surface area contributed by atoms with E-state index in [0.29, 0.717) is 0 Å². The minimum atomic E-state index is -0.0112. The zero-order valence-electron chi connectivity index (χ0n) is 9.39. The smallest absolute Gasteiger partial charge is 0.236 e. The van der Waals surface area contributed by atoms with Crippen molar-refractivity contribution >= 4 is 17.7 Å². The molecule has 0 radical (unpaired) electrons. The van der Waals surface area contributed by atoms with Crippen LogP contribution in [0.5, 0.6) is 0 Å². The van der Waals surface area contributed by atoms with Crippen LogP contribution in [0.3, 0.4) is 0 Å². The van der Waals surface area contributed by atoms with Crippen molar-refractivity contribution in [3.63, 3.8) is 0 Å². The summed E-state index contributed by atoms with van der Waals surface area (Å²) in [6.07, 6.45) is 1.32. The number of hydrogen-bond donors (Lipinski definition) is 0. The number of nitrogens with zero attached hydrogens (tertiary/aromatic N) is 3. The molecule has 88 valence electrons. The maximum atomic E-state index is 11.5. The van der Waals surface area contributed by atoms with Crippen molar-refractivity contribution in [1.82, 2.24) is 9.80 Å². The molecule has 2 saturated heterocycles. The molecule has 0 spiro atoms. The number of thioether (sulfide) groups is 1. The fraction of sp³-hybridized carbons (Fsp3) is 0.818. The van der Waals surface area contributed by atoms with Crippen molar-refractivity contribution in [2.45, 2.75) is 18.9 Å². The summed E-state index contributed by atoms with van der Waals surface area (Å²) in [5, 5.41) is 8.48. The van der Waals surface area contributed by atoms with Crippen molar-refractivity contribution in [2.75, 3.05) is 37.7 Å². The van der Waals surface area contributed by atoms with E-state index in [1.807, 2.05) is 22.7 Å². The van der Waals surface area contributed by atoms with Crippen LogP contribution < -0.4 is 0 Å². The number of carbonyl (C=O) groups excluding carboxylic acids is 1. The quantitative estimate of drug-likeness (QED) is 0.706. The first kappa shape index (κ1) is 11.7. The van der Waals surface area contributed by atoms with Crippen LogP contribution in [0.2, 0.25) is 0 Å². The summed E-state index contributed by atoms with van der Waals surface area (Å²) in [5.41, 5.74) is 0. The lowest BCUT2D eigenvalue weighted by Crippen LogP contribution is -2.52. The van der Waals surface area contributed by atoms with Gasteiger partial charge in [-0.05, 0) is 12.2 Å². The van der Waals surface area contributed by atoms with Crippen LogP contribution in [0.1, 0.15) is 12.8 Å². The van der Waals surface area contributed by atoms with E-state index in [-0.39, 0.29) is 12.3 Å². The van der Waals surface area contributed by atoms with Crippen LogP contribution in [-0.2, 0) is 4.79 Å². The second-order valence-electron chi connectivity index (χ2n) is 4.27. The van der Waals surface area contributed by atoms with Crippen LogP contribution in [0, 0.1) is 11.3 Å². The van der Waals surface area contributed by atoms with Gasteiger partial charge in [0.2, 0.25) is 5.91 Å². The Morgan fingerprint density at radius 2 is 2.12 bits per heavy atom. The number of carbonyl (C=O) groups is 1. The summed E-state index contributed by atoms with van der Waals surface area (Å²) in [6, 6.07) is 2.64. The SMILES string of the molecule is N#CCC(=O)N1CCN([C@H]2CCSC2)CC1. The molecular formula is C11H17N3OS. The van der Waals surface area contributed by atoms with E-state index in [9.17, 15) is 4.79 Å². The first-order chi connectivity index (χ1) is 7.81. The third-order valence-electron chi connectivity index (χ3n) is 3.32. The molecule has 2 rings (SSSR count). The molecule has 2 fully saturated rings. The lowest BCUT2D eigenvalue weighted by Gasteiger charge is -2.37. The highest BCUT2D eigenvalue weighted by molar-refractivity contribution is 7.99. The van der Waals surface area contributed by atoms with Gasteiger partial charge in [-0.3, -0.25) is 9.69 Å². The zero-order valence-corrected chi connectivity index (χ0v) is 10.2. The maximum absolute atomic E-state index is 11.5. The molecule has 0 unspecified atom stereocenters. The van der Waals surface area contributed by atoms with E-state index < -0.39 is 0 Å². The monoisotopic (exact) mass is 239 g/mol. The molecule has 2 aliphatic heterocycles. The van der Waals surface area contributed by atoms with Crippen molar-refractivity contribution in [3.05, 3.63) is 0 Å². The predicted octanol–water partition coefficient (Wildman–Crippen LogP) is 0.550. The lowest BCUT2D eigenvalue weighted by molar-refractivity contribution is -0.132. The van der Waals surface area contributed by atoms with E-state index in [1.54, 1.807) is 0 Å². The topological polar surface area (TPSA) is 47.3 Å². The van der Waals surface area contributed by atoms with E-state index in [1.165, 1.54) is 17.9 Å². The first-order valence-corrected chi connectivity index (χ1v) is 6.93. The van der Waals surface area contributed by atoms with Crippen molar-refractivity contribution in [2.24, 2.45) is 0 Å². The van der Waals surface area contributed by atoms with Gasteiger partial charge in [0.1, 0.15) is 6.42 Å². The number of amides is 1. The third kappa shape index (κ3) is 2.69. The highest BCUT2D eigenvalue weighted by atomic mass is 32.2. The average Bonchev–Trinajstić information content (AvgIpc) is 2.83. The fourth-order valence-corrected chi connectivity index (χ4v) is 3.58. The van der Waals surface area contributed by atoms with E-state index in [4.69, 9.17) is 5.26 Å². The first-order valence-electron chi connectivity index (χ1n) is 5.78. The maximum Gasteiger partial charge on any atom is 0.236 e. The van der Waals surface area contributed by atoms with Gasteiger partial charge >= 0.3 is 0 Å². The molecule has 0 N–H and O–H groups in total. The Morgan fingerprint density at radius 1 is 1.38 bits per heavy atom. The van der Waals surface area contributed by atoms with Crippen LogP contribution in [0.15, 0.2) is 0 Å². The molecule has 0 bridgehead atoms. The highest BCUT2D eigenvalue weighted by Crippen LogP contribution is 2.23. The largest absolute Gasteiger partial charge is 0.339 e. The van der Waals surface area contributed by atoms with Gasteiger partial charge < -0.3 is 4.90 Å². The molecule has 2 heterocycles. The Morgan fingerprint density at radius 3 is 2.69 bits per heavy atom. The fourth-order valence-electron chi connectivity index (χ4n) is 2.33. The van der Waals surface area contributed by atoms with Gasteiger partial charge in [0.05, 0.1) is 6.07 Å². The molecule has 4 nitrogen and oxygen atoms in total. The number of piperazine rings is 1. The van der Waals surface area contributed by atoms with Crippen LogP contribution in [0.4, 0.5) is 0 Å². The normalized spacial score (nSPS) is 26.7. The minimum Gasteiger partial charge on any atom is -0.339 e.